The second-order valence-corrected chi connectivity index (χ2v) is 9.72. The van der Waals surface area contributed by atoms with Crippen LogP contribution in [-0.4, -0.2) is 132 Å². The van der Waals surface area contributed by atoms with Crippen LogP contribution in [0.15, 0.2) is 36.4 Å². The van der Waals surface area contributed by atoms with Crippen molar-refractivity contribution in [1.82, 2.24) is 9.80 Å². The van der Waals surface area contributed by atoms with Crippen molar-refractivity contribution in [2.45, 2.75) is 0 Å². The fraction of sp³-hybridized carbons (Fsp3) is 0.462. The maximum absolute atomic E-state index is 10.6. The number of fused-ring (bicyclic) bond motifs is 6. The highest BCUT2D eigenvalue weighted by Crippen LogP contribution is 2.18. The van der Waals surface area contributed by atoms with Gasteiger partial charge in [-0.25, -0.2) is 9.59 Å². The van der Waals surface area contributed by atoms with Crippen LogP contribution in [-0.2, 0) is 0 Å². The lowest BCUT2D eigenvalue weighted by atomic mass is 10.2. The van der Waals surface area contributed by atoms with E-state index < -0.39 is 23.4 Å². The van der Waals surface area contributed by atoms with Gasteiger partial charge in [-0.15, -0.1) is 11.5 Å². The van der Waals surface area contributed by atoms with Crippen LogP contribution in [0, 0.1) is 0 Å². The molecule has 2 aromatic carbocycles. The quantitative estimate of drug-likeness (QED) is 0.202. The summed E-state index contributed by atoms with van der Waals surface area (Å²) in [4.78, 5) is 29.3. The van der Waals surface area contributed by atoms with Crippen LogP contribution in [0.4, 0.5) is 0 Å². The van der Waals surface area contributed by atoms with Gasteiger partial charge >= 0.3 is 11.9 Å². The third-order valence-corrected chi connectivity index (χ3v) is 6.97. The fourth-order valence-electron chi connectivity index (χ4n) is 4.73. The zero-order valence-electron chi connectivity index (χ0n) is 22.3. The van der Waals surface area contributed by atoms with Crippen molar-refractivity contribution in [3.8, 4) is 23.0 Å². The fourth-order valence-corrected chi connectivity index (χ4v) is 4.73. The molecule has 6 heterocycles. The Bertz CT molecular complexity index is 915. The molecule has 0 spiro atoms. The first kappa shape index (κ1) is 34.4. The lowest BCUT2D eigenvalue weighted by molar-refractivity contribution is -0.914. The van der Waals surface area contributed by atoms with E-state index in [4.69, 9.17) is 20.4 Å². The van der Waals surface area contributed by atoms with Gasteiger partial charge in [0.05, 0.1) is 50.4 Å². The van der Waals surface area contributed by atoms with Gasteiger partial charge in [-0.2, -0.15) is 0 Å². The van der Waals surface area contributed by atoms with Crippen LogP contribution in [0.25, 0.3) is 0 Å². The van der Waals surface area contributed by atoms with Gasteiger partial charge in [-0.1, -0.05) is 12.1 Å². The number of benzene rings is 2. The summed E-state index contributed by atoms with van der Waals surface area (Å²) in [7, 11) is 0. The summed E-state index contributed by atoms with van der Waals surface area (Å²) in [6, 6.07) is 5.83. The van der Waals surface area contributed by atoms with Gasteiger partial charge < -0.3 is 51.4 Å². The number of hydrogen-bond acceptors (Lipinski definition) is 8. The number of rotatable bonds is 2. The number of nitrogens with one attached hydrogen (secondary N) is 2. The van der Waals surface area contributed by atoms with E-state index in [2.05, 4.69) is 9.80 Å². The molecule has 6 saturated heterocycles. The predicted octanol–water partition coefficient (Wildman–Crippen LogP) is -4.92. The van der Waals surface area contributed by atoms with Crippen LogP contribution in [0.2, 0.25) is 0 Å². The first-order valence-electron chi connectivity index (χ1n) is 12.7. The molecule has 4 bridgehead atoms. The number of hydrogen-bond donors (Lipinski definition) is 6. The van der Waals surface area contributed by atoms with Crippen molar-refractivity contribution in [1.29, 1.82) is 0 Å². The Balaban J connectivity index is 0.000000264. The average Bonchev–Trinajstić information content (AvgIpc) is 2.91. The van der Waals surface area contributed by atoms with Gasteiger partial charge in [0.1, 0.15) is 11.5 Å². The molecule has 40 heavy (non-hydrogen) atoms. The molecular weight excluding hydrogens is 528 g/mol. The average molecular weight is 569 g/mol. The summed E-state index contributed by atoms with van der Waals surface area (Å²) >= 11 is 0. The number of nitrogens with zero attached hydrogens (tertiary/aromatic N) is 2. The Morgan fingerprint density at radius 1 is 0.575 bits per heavy atom. The molecule has 6 aliphatic heterocycles. The van der Waals surface area contributed by atoms with Gasteiger partial charge in [0.25, 0.3) is 0 Å². The normalized spacial score (nSPS) is 23.2. The number of quaternary nitrogens is 2. The number of aromatic hydroxyl groups is 2. The summed E-state index contributed by atoms with van der Waals surface area (Å²) in [5, 5.41) is 55.5. The Labute approximate surface area is 232 Å². The third kappa shape index (κ3) is 11.2. The number of carbonyl (C=O) groups is 2. The van der Waals surface area contributed by atoms with E-state index in [0.717, 1.165) is 36.4 Å². The first-order valence-corrected chi connectivity index (χ1v) is 12.7. The number of piperazine rings is 6. The summed E-state index contributed by atoms with van der Waals surface area (Å²) in [6.07, 6.45) is 0. The molecule has 0 aliphatic carbocycles. The van der Waals surface area contributed by atoms with E-state index in [1.54, 1.807) is 0 Å². The standard InChI is InChI=1S/2C7H6O4.2C6H12N2.2H2O/c2*8-5-1-4(7(10)11)2-6(9)3-5;2*1-2-8-5-3-7(1)4-6-8;;/h2*1-3,8-9H,(H,10,11);2*1-6H2;2*1H2. The van der Waals surface area contributed by atoms with E-state index in [0.29, 0.717) is 0 Å². The Morgan fingerprint density at radius 3 is 1.00 bits per heavy atom. The van der Waals surface area contributed by atoms with E-state index in [9.17, 15) is 19.8 Å². The molecule has 6 aliphatic rings. The Kier molecular flexibility index (Phi) is 14.1. The van der Waals surface area contributed by atoms with Gasteiger partial charge in [-0.05, 0) is 24.3 Å². The molecule has 0 amide bonds. The van der Waals surface area contributed by atoms with E-state index in [1.807, 2.05) is 9.80 Å². The topological polar surface area (TPSA) is 240 Å². The van der Waals surface area contributed by atoms with Crippen molar-refractivity contribution in [3.63, 3.8) is 0 Å². The molecule has 224 valence electrons. The van der Waals surface area contributed by atoms with Crippen LogP contribution in [0.1, 0.15) is 20.7 Å². The highest BCUT2D eigenvalue weighted by Gasteiger charge is 2.26. The molecule has 0 unspecified atom stereocenters. The number of phenolic OH excluding ortho intramolecular Hbond substituents is 2. The van der Waals surface area contributed by atoms with Crippen molar-refractivity contribution in [2.24, 2.45) is 0 Å². The maximum atomic E-state index is 10.6. The molecule has 6 fully saturated rings. The number of carboxylic acid groups (broad SMARTS) is 2. The second-order valence-electron chi connectivity index (χ2n) is 9.72. The minimum Gasteiger partial charge on any atom is -0.872 e. The zero-order chi connectivity index (χ0) is 27.7. The second kappa shape index (κ2) is 16.4. The molecule has 2 aromatic rings. The van der Waals surface area contributed by atoms with Crippen LogP contribution >= 0.6 is 0 Å². The SMILES string of the molecule is C1C[NH+]2CCN1CC2.C1C[NH+]2CCN1CC2.O.O.O=C(O)c1cc([O-])cc(O)c1.O=C(O)c1cc([O-])cc(O)c1. The summed E-state index contributed by atoms with van der Waals surface area (Å²) in [5.41, 5.74) is -0.398. The highest BCUT2D eigenvalue weighted by molar-refractivity contribution is 5.89. The van der Waals surface area contributed by atoms with Crippen LogP contribution in [0.5, 0.6) is 23.0 Å². The molecule has 0 aromatic heterocycles. The summed E-state index contributed by atoms with van der Waals surface area (Å²) in [6.45, 7) is 16.6. The number of phenols is 2. The van der Waals surface area contributed by atoms with Crippen LogP contribution < -0.4 is 20.0 Å². The lowest BCUT2D eigenvalue weighted by Gasteiger charge is -2.38. The summed E-state index contributed by atoms with van der Waals surface area (Å²) < 4.78 is 0. The largest absolute Gasteiger partial charge is 0.872 e. The van der Waals surface area contributed by atoms with Gasteiger partial charge in [0.2, 0.25) is 0 Å². The number of carboxylic acids is 2. The Morgan fingerprint density at radius 2 is 0.850 bits per heavy atom. The molecule has 8 rings (SSSR count). The zero-order valence-corrected chi connectivity index (χ0v) is 22.3. The molecule has 0 saturated carbocycles. The van der Waals surface area contributed by atoms with Crippen molar-refractivity contribution in [3.05, 3.63) is 47.5 Å². The first-order chi connectivity index (χ1) is 18.1. The Hall–Kier alpha value is -3.66. The third-order valence-electron chi connectivity index (χ3n) is 6.97. The highest BCUT2D eigenvalue weighted by atomic mass is 16.4. The molecular formula is C26H40N4O10. The molecule has 0 atom stereocenters. The smallest absolute Gasteiger partial charge is 0.335 e. The number of aromatic carboxylic acids is 2. The van der Waals surface area contributed by atoms with E-state index in [-0.39, 0.29) is 33.6 Å². The van der Waals surface area contributed by atoms with Crippen LogP contribution in [0.3, 0.4) is 0 Å². The van der Waals surface area contributed by atoms with Crippen molar-refractivity contribution in [2.75, 3.05) is 78.5 Å². The van der Waals surface area contributed by atoms with Gasteiger partial charge in [0.15, 0.2) is 0 Å². The molecule has 14 nitrogen and oxygen atoms in total. The maximum Gasteiger partial charge on any atom is 0.335 e. The van der Waals surface area contributed by atoms with Gasteiger partial charge in [0, 0.05) is 39.3 Å². The molecule has 10 N–H and O–H groups in total. The van der Waals surface area contributed by atoms with Crippen molar-refractivity contribution >= 4 is 11.9 Å². The summed E-state index contributed by atoms with van der Waals surface area (Å²) in [5.74, 6) is -4.12. The minimum atomic E-state index is -1.22. The minimum absolute atomic E-state index is 0. The molecule has 14 heteroatoms. The monoisotopic (exact) mass is 568 g/mol. The van der Waals surface area contributed by atoms with Crippen molar-refractivity contribution < 1.29 is 61.0 Å². The van der Waals surface area contributed by atoms with Gasteiger partial charge in [-0.3, -0.25) is 9.80 Å². The lowest BCUT2D eigenvalue weighted by Crippen LogP contribution is -3.17. The predicted molar refractivity (Wildman–Crippen MR) is 140 cm³/mol. The molecule has 0 radical (unpaired) electrons. The van der Waals surface area contributed by atoms with E-state index in [1.165, 1.54) is 78.5 Å². The van der Waals surface area contributed by atoms with E-state index >= 15 is 0 Å².